The largest absolute Gasteiger partial charge is 0.472 e. The van der Waals surface area contributed by atoms with E-state index >= 15 is 0 Å². The third-order valence-corrected chi connectivity index (χ3v) is 4.84. The normalized spacial score (nSPS) is 27.9. The molecule has 1 saturated carbocycles. The number of furan rings is 1. The van der Waals surface area contributed by atoms with Gasteiger partial charge in [0.05, 0.1) is 18.6 Å². The Morgan fingerprint density at radius 2 is 2.11 bits per heavy atom. The fourth-order valence-electron chi connectivity index (χ4n) is 3.98. The summed E-state index contributed by atoms with van der Waals surface area (Å²) in [5, 5.41) is 0. The van der Waals surface area contributed by atoms with Crippen molar-refractivity contribution >= 4 is 0 Å². The molecule has 100 valence electrons. The minimum absolute atomic E-state index is 0.358. The first-order valence-corrected chi connectivity index (χ1v) is 7.38. The maximum atomic E-state index is 6.02. The van der Waals surface area contributed by atoms with Crippen molar-refractivity contribution in [3.05, 3.63) is 24.2 Å². The molecule has 2 N–H and O–H groups in total. The lowest BCUT2D eigenvalue weighted by Gasteiger charge is -2.35. The maximum absolute atomic E-state index is 6.02. The average Bonchev–Trinajstić information content (AvgIpc) is 3.13. The zero-order chi connectivity index (χ0) is 12.4. The molecule has 2 atom stereocenters. The molecule has 0 amide bonds. The summed E-state index contributed by atoms with van der Waals surface area (Å²) in [6.45, 7) is 1.90. The van der Waals surface area contributed by atoms with E-state index in [1.807, 2.05) is 6.26 Å². The van der Waals surface area contributed by atoms with E-state index in [9.17, 15) is 0 Å². The molecule has 2 aliphatic rings. The Balaban J connectivity index is 1.76. The average molecular weight is 248 g/mol. The molecule has 2 unspecified atom stereocenters. The third-order valence-electron chi connectivity index (χ3n) is 4.84. The Hall–Kier alpha value is -0.800. The van der Waals surface area contributed by atoms with Crippen LogP contribution in [0.25, 0.3) is 0 Å². The van der Waals surface area contributed by atoms with Crippen molar-refractivity contribution in [1.82, 2.24) is 4.90 Å². The maximum Gasteiger partial charge on any atom is 0.0950 e. The van der Waals surface area contributed by atoms with Crippen molar-refractivity contribution in [1.29, 1.82) is 0 Å². The minimum Gasteiger partial charge on any atom is -0.472 e. The zero-order valence-corrected chi connectivity index (χ0v) is 11.1. The van der Waals surface area contributed by atoms with Crippen LogP contribution in [0, 0.1) is 5.92 Å². The molecule has 3 nitrogen and oxygen atoms in total. The molecule has 1 saturated heterocycles. The highest BCUT2D eigenvalue weighted by atomic mass is 16.3. The van der Waals surface area contributed by atoms with Crippen LogP contribution >= 0.6 is 0 Å². The van der Waals surface area contributed by atoms with Gasteiger partial charge in [-0.1, -0.05) is 12.8 Å². The molecule has 0 spiro atoms. The molecule has 1 aromatic heterocycles. The lowest BCUT2D eigenvalue weighted by molar-refractivity contribution is 0.137. The van der Waals surface area contributed by atoms with Crippen LogP contribution in [0.2, 0.25) is 0 Å². The van der Waals surface area contributed by atoms with Crippen molar-refractivity contribution < 1.29 is 4.42 Å². The Bertz CT molecular complexity index is 357. The molecule has 0 aromatic carbocycles. The summed E-state index contributed by atoms with van der Waals surface area (Å²) >= 11 is 0. The molecule has 3 rings (SSSR count). The van der Waals surface area contributed by atoms with E-state index < -0.39 is 0 Å². The van der Waals surface area contributed by atoms with E-state index in [0.717, 1.165) is 12.0 Å². The summed E-state index contributed by atoms with van der Waals surface area (Å²) in [5.41, 5.74) is 7.27. The van der Waals surface area contributed by atoms with E-state index in [2.05, 4.69) is 11.0 Å². The highest BCUT2D eigenvalue weighted by Crippen LogP contribution is 2.39. The molecular weight excluding hydrogens is 224 g/mol. The molecule has 0 bridgehead atoms. The summed E-state index contributed by atoms with van der Waals surface area (Å²) in [6, 6.07) is 3.19. The Morgan fingerprint density at radius 3 is 2.78 bits per heavy atom. The molecule has 18 heavy (non-hydrogen) atoms. The van der Waals surface area contributed by atoms with Crippen LogP contribution in [0.5, 0.6) is 0 Å². The van der Waals surface area contributed by atoms with E-state index in [1.165, 1.54) is 50.6 Å². The molecule has 1 aliphatic carbocycles. The molecule has 1 aromatic rings. The van der Waals surface area contributed by atoms with Gasteiger partial charge in [-0.25, -0.2) is 0 Å². The summed E-state index contributed by atoms with van der Waals surface area (Å²) in [7, 11) is 0. The fraction of sp³-hybridized carbons (Fsp3) is 0.733. The van der Waals surface area contributed by atoms with Crippen molar-refractivity contribution in [2.75, 3.05) is 13.1 Å². The summed E-state index contributed by atoms with van der Waals surface area (Å²) in [5.74, 6) is 0.911. The second-order valence-electron chi connectivity index (χ2n) is 5.80. The number of hydrogen-bond acceptors (Lipinski definition) is 3. The van der Waals surface area contributed by atoms with Gasteiger partial charge >= 0.3 is 0 Å². The number of rotatable bonds is 4. The van der Waals surface area contributed by atoms with Crippen LogP contribution in [0.15, 0.2) is 23.0 Å². The molecule has 2 heterocycles. The van der Waals surface area contributed by atoms with Crippen LogP contribution in [0.4, 0.5) is 0 Å². The number of likely N-dealkylation sites (tertiary alicyclic amines) is 1. The van der Waals surface area contributed by atoms with Crippen LogP contribution in [-0.4, -0.2) is 24.0 Å². The second kappa shape index (κ2) is 5.45. The number of nitrogens with two attached hydrogens (primary N) is 1. The Morgan fingerprint density at radius 1 is 1.28 bits per heavy atom. The predicted molar refractivity (Wildman–Crippen MR) is 72.2 cm³/mol. The smallest absolute Gasteiger partial charge is 0.0950 e. The van der Waals surface area contributed by atoms with Gasteiger partial charge in [0.2, 0.25) is 0 Å². The van der Waals surface area contributed by atoms with Crippen LogP contribution < -0.4 is 5.73 Å². The van der Waals surface area contributed by atoms with E-state index in [4.69, 9.17) is 10.2 Å². The van der Waals surface area contributed by atoms with Gasteiger partial charge < -0.3 is 10.2 Å². The quantitative estimate of drug-likeness (QED) is 0.891. The third kappa shape index (κ3) is 2.21. The molecular formula is C15H24N2O. The lowest BCUT2D eigenvalue weighted by atomic mass is 9.94. The first kappa shape index (κ1) is 12.2. The topological polar surface area (TPSA) is 42.4 Å². The molecule has 0 radical (unpaired) electrons. The molecule has 2 fully saturated rings. The number of hydrogen-bond donors (Lipinski definition) is 1. The molecule has 3 heteroatoms. The highest BCUT2D eigenvalue weighted by molar-refractivity contribution is 5.13. The van der Waals surface area contributed by atoms with Crippen molar-refractivity contribution in [2.45, 2.75) is 50.6 Å². The van der Waals surface area contributed by atoms with Gasteiger partial charge in [-0.15, -0.1) is 0 Å². The minimum atomic E-state index is 0.358. The monoisotopic (exact) mass is 248 g/mol. The van der Waals surface area contributed by atoms with E-state index in [0.29, 0.717) is 12.6 Å². The van der Waals surface area contributed by atoms with Gasteiger partial charge in [0.15, 0.2) is 0 Å². The zero-order valence-electron chi connectivity index (χ0n) is 11.1. The SMILES string of the molecule is NCC(c1ccoc1)N1CCCC1C1CCCC1. The van der Waals surface area contributed by atoms with E-state index in [-0.39, 0.29) is 0 Å². The Labute approximate surface area is 109 Å². The van der Waals surface area contributed by atoms with Crippen molar-refractivity contribution in [3.63, 3.8) is 0 Å². The first-order chi connectivity index (χ1) is 8.90. The number of nitrogens with zero attached hydrogens (tertiary/aromatic N) is 1. The summed E-state index contributed by atoms with van der Waals surface area (Å²) < 4.78 is 5.24. The van der Waals surface area contributed by atoms with Crippen molar-refractivity contribution in [2.24, 2.45) is 11.7 Å². The van der Waals surface area contributed by atoms with Crippen LogP contribution in [0.3, 0.4) is 0 Å². The first-order valence-electron chi connectivity index (χ1n) is 7.38. The van der Waals surface area contributed by atoms with Gasteiger partial charge in [0, 0.05) is 18.2 Å². The molecule has 1 aliphatic heterocycles. The predicted octanol–water partition coefficient (Wildman–Crippen LogP) is 2.93. The van der Waals surface area contributed by atoms with Gasteiger partial charge in [-0.3, -0.25) is 4.90 Å². The van der Waals surface area contributed by atoms with Gasteiger partial charge in [0.25, 0.3) is 0 Å². The summed E-state index contributed by atoms with van der Waals surface area (Å²) in [4.78, 5) is 2.65. The second-order valence-corrected chi connectivity index (χ2v) is 5.80. The lowest BCUT2D eigenvalue weighted by Crippen LogP contribution is -2.40. The van der Waals surface area contributed by atoms with Crippen molar-refractivity contribution in [3.8, 4) is 0 Å². The van der Waals surface area contributed by atoms with Gasteiger partial charge in [-0.05, 0) is 44.2 Å². The van der Waals surface area contributed by atoms with Crippen LogP contribution in [0.1, 0.15) is 50.1 Å². The van der Waals surface area contributed by atoms with Crippen LogP contribution in [-0.2, 0) is 0 Å². The Kier molecular flexibility index (Phi) is 3.71. The highest BCUT2D eigenvalue weighted by Gasteiger charge is 2.37. The summed E-state index contributed by atoms with van der Waals surface area (Å²) in [6.07, 6.45) is 12.0. The van der Waals surface area contributed by atoms with Gasteiger partial charge in [-0.2, -0.15) is 0 Å². The standard InChI is InChI=1S/C15H24N2O/c16-10-15(13-7-9-18-11-13)17-8-3-6-14(17)12-4-1-2-5-12/h7,9,11-12,14-15H,1-6,8,10,16H2. The fourth-order valence-corrected chi connectivity index (χ4v) is 3.98. The van der Waals surface area contributed by atoms with Gasteiger partial charge in [0.1, 0.15) is 0 Å². The van der Waals surface area contributed by atoms with E-state index in [1.54, 1.807) is 6.26 Å².